The standard InChI is InChI=1S/C7H13N3O2/c1-4-10(7(8)12)9-6(11)5(2)3/h2,4H2,1,3H3,(H2,8,12)(H,9,11). The molecule has 3 N–H and O–H groups in total. The normalized spacial score (nSPS) is 8.83. The number of hydrogen-bond acceptors (Lipinski definition) is 2. The van der Waals surface area contributed by atoms with Gasteiger partial charge in [-0.2, -0.15) is 0 Å². The second kappa shape index (κ2) is 4.38. The smallest absolute Gasteiger partial charge is 0.333 e. The number of rotatable bonds is 2. The summed E-state index contributed by atoms with van der Waals surface area (Å²) in [4.78, 5) is 21.5. The van der Waals surface area contributed by atoms with Crippen molar-refractivity contribution in [1.82, 2.24) is 10.4 Å². The molecule has 0 saturated heterocycles. The van der Waals surface area contributed by atoms with Gasteiger partial charge < -0.3 is 5.73 Å². The maximum Gasteiger partial charge on any atom is 0.333 e. The number of hydrogen-bond donors (Lipinski definition) is 2. The van der Waals surface area contributed by atoms with Gasteiger partial charge >= 0.3 is 6.03 Å². The lowest BCUT2D eigenvalue weighted by atomic mass is 10.3. The van der Waals surface area contributed by atoms with E-state index in [1.54, 1.807) is 13.8 Å². The van der Waals surface area contributed by atoms with E-state index in [2.05, 4.69) is 12.0 Å². The van der Waals surface area contributed by atoms with E-state index >= 15 is 0 Å². The molecule has 0 aliphatic carbocycles. The monoisotopic (exact) mass is 171 g/mol. The predicted molar refractivity (Wildman–Crippen MR) is 44.9 cm³/mol. The van der Waals surface area contributed by atoms with Crippen LogP contribution in [-0.2, 0) is 4.79 Å². The van der Waals surface area contributed by atoms with Crippen LogP contribution in [0.1, 0.15) is 13.8 Å². The molecule has 0 unspecified atom stereocenters. The third kappa shape index (κ3) is 3.05. The highest BCUT2D eigenvalue weighted by Crippen LogP contribution is 1.88. The molecule has 0 spiro atoms. The van der Waals surface area contributed by atoms with Gasteiger partial charge in [0.1, 0.15) is 0 Å². The van der Waals surface area contributed by atoms with Gasteiger partial charge in [0.15, 0.2) is 0 Å². The number of nitrogens with two attached hydrogens (primary N) is 1. The van der Waals surface area contributed by atoms with Gasteiger partial charge in [-0.3, -0.25) is 10.2 Å². The second-order valence-corrected chi connectivity index (χ2v) is 2.30. The Morgan fingerprint density at radius 3 is 2.33 bits per heavy atom. The van der Waals surface area contributed by atoms with E-state index in [0.717, 1.165) is 5.01 Å². The largest absolute Gasteiger partial charge is 0.350 e. The van der Waals surface area contributed by atoms with Crippen LogP contribution in [0.4, 0.5) is 4.79 Å². The molecule has 5 nitrogen and oxygen atoms in total. The molecule has 0 bridgehead atoms. The number of carbonyl (C=O) groups is 2. The SMILES string of the molecule is C=C(C)C(=O)NN(CC)C(N)=O. The maximum absolute atomic E-state index is 11.0. The van der Waals surface area contributed by atoms with E-state index in [4.69, 9.17) is 5.73 Å². The number of amides is 3. The highest BCUT2D eigenvalue weighted by atomic mass is 16.2. The number of nitrogens with one attached hydrogen (secondary N) is 1. The Hall–Kier alpha value is -1.52. The van der Waals surface area contributed by atoms with Gasteiger partial charge in [0, 0.05) is 12.1 Å². The molecule has 3 amide bonds. The van der Waals surface area contributed by atoms with E-state index in [1.165, 1.54) is 0 Å². The molecule has 0 aromatic heterocycles. The van der Waals surface area contributed by atoms with Crippen LogP contribution >= 0.6 is 0 Å². The zero-order valence-electron chi connectivity index (χ0n) is 7.26. The minimum atomic E-state index is -0.688. The van der Waals surface area contributed by atoms with Crippen molar-refractivity contribution in [1.29, 1.82) is 0 Å². The van der Waals surface area contributed by atoms with Crippen molar-refractivity contribution in [3.05, 3.63) is 12.2 Å². The fraction of sp³-hybridized carbons (Fsp3) is 0.429. The van der Waals surface area contributed by atoms with Gasteiger partial charge in [0.2, 0.25) is 0 Å². The molecule has 0 fully saturated rings. The van der Waals surface area contributed by atoms with Crippen LogP contribution in [0.3, 0.4) is 0 Å². The summed E-state index contributed by atoms with van der Waals surface area (Å²) < 4.78 is 0. The molecule has 0 aromatic carbocycles. The zero-order chi connectivity index (χ0) is 9.72. The molecule has 0 aliphatic rings. The molecule has 0 aliphatic heterocycles. The molecule has 0 atom stereocenters. The first-order valence-corrected chi connectivity index (χ1v) is 3.52. The maximum atomic E-state index is 11.0. The van der Waals surface area contributed by atoms with Gasteiger partial charge in [-0.15, -0.1) is 0 Å². The van der Waals surface area contributed by atoms with Gasteiger partial charge in [0.05, 0.1) is 0 Å². The van der Waals surface area contributed by atoms with Crippen molar-refractivity contribution in [2.24, 2.45) is 5.73 Å². The van der Waals surface area contributed by atoms with Crippen LogP contribution in [-0.4, -0.2) is 23.5 Å². The number of primary amides is 1. The third-order valence-corrected chi connectivity index (χ3v) is 1.21. The van der Waals surface area contributed by atoms with E-state index in [0.29, 0.717) is 12.1 Å². The van der Waals surface area contributed by atoms with Crippen molar-refractivity contribution in [2.75, 3.05) is 6.54 Å². The Balaban J connectivity index is 4.12. The zero-order valence-corrected chi connectivity index (χ0v) is 7.26. The molecule has 12 heavy (non-hydrogen) atoms. The summed E-state index contributed by atoms with van der Waals surface area (Å²) in [5.74, 6) is -0.407. The van der Waals surface area contributed by atoms with Crippen molar-refractivity contribution < 1.29 is 9.59 Å². The van der Waals surface area contributed by atoms with Gasteiger partial charge in [-0.1, -0.05) is 6.58 Å². The Bertz CT molecular complexity index is 213. The molecule has 0 radical (unpaired) electrons. The Kier molecular flexibility index (Phi) is 3.82. The minimum absolute atomic E-state index is 0.328. The Morgan fingerprint density at radius 2 is 2.08 bits per heavy atom. The summed E-state index contributed by atoms with van der Waals surface area (Å²) in [5.41, 5.74) is 7.55. The lowest BCUT2D eigenvalue weighted by molar-refractivity contribution is -0.120. The van der Waals surface area contributed by atoms with Crippen molar-refractivity contribution in [3.63, 3.8) is 0 Å². The van der Waals surface area contributed by atoms with Crippen molar-refractivity contribution in [3.8, 4) is 0 Å². The molecule has 5 heteroatoms. The van der Waals surface area contributed by atoms with E-state index in [9.17, 15) is 9.59 Å². The molecular formula is C7H13N3O2. The summed E-state index contributed by atoms with van der Waals surface area (Å²) >= 11 is 0. The molecule has 0 heterocycles. The van der Waals surface area contributed by atoms with Crippen LogP contribution in [0, 0.1) is 0 Å². The second-order valence-electron chi connectivity index (χ2n) is 2.30. The lowest BCUT2D eigenvalue weighted by Gasteiger charge is -2.18. The van der Waals surface area contributed by atoms with Crippen molar-refractivity contribution in [2.45, 2.75) is 13.8 Å². The van der Waals surface area contributed by atoms with Gasteiger partial charge in [0.25, 0.3) is 5.91 Å². The third-order valence-electron chi connectivity index (χ3n) is 1.21. The summed E-state index contributed by atoms with van der Waals surface area (Å²) in [6, 6.07) is -0.688. The summed E-state index contributed by atoms with van der Waals surface area (Å²) in [5, 5.41) is 1.01. The fourth-order valence-corrected chi connectivity index (χ4v) is 0.508. The molecule has 0 aromatic rings. The number of nitrogens with zero attached hydrogens (tertiary/aromatic N) is 1. The summed E-state index contributed by atoms with van der Waals surface area (Å²) in [6.07, 6.45) is 0. The molecular weight excluding hydrogens is 158 g/mol. The topological polar surface area (TPSA) is 75.4 Å². The summed E-state index contributed by atoms with van der Waals surface area (Å²) in [6.45, 7) is 6.98. The average Bonchev–Trinajstić information content (AvgIpc) is 1.98. The molecule has 0 rings (SSSR count). The average molecular weight is 171 g/mol. The Morgan fingerprint density at radius 1 is 1.58 bits per heavy atom. The molecule has 68 valence electrons. The highest BCUT2D eigenvalue weighted by molar-refractivity contribution is 5.93. The number of urea groups is 1. The van der Waals surface area contributed by atoms with E-state index in [1.807, 2.05) is 0 Å². The first kappa shape index (κ1) is 10.5. The predicted octanol–water partition coefficient (Wildman–Crippen LogP) is -0.00570. The van der Waals surface area contributed by atoms with E-state index < -0.39 is 11.9 Å². The fourth-order valence-electron chi connectivity index (χ4n) is 0.508. The number of carbonyl (C=O) groups excluding carboxylic acids is 2. The minimum Gasteiger partial charge on any atom is -0.350 e. The van der Waals surface area contributed by atoms with Gasteiger partial charge in [-0.25, -0.2) is 9.80 Å². The lowest BCUT2D eigenvalue weighted by Crippen LogP contribution is -2.48. The highest BCUT2D eigenvalue weighted by Gasteiger charge is 2.10. The first-order valence-electron chi connectivity index (χ1n) is 3.52. The van der Waals surface area contributed by atoms with Crippen LogP contribution < -0.4 is 11.2 Å². The number of hydrazine groups is 1. The first-order chi connectivity index (χ1) is 5.49. The van der Waals surface area contributed by atoms with Crippen molar-refractivity contribution >= 4 is 11.9 Å². The van der Waals surface area contributed by atoms with E-state index in [-0.39, 0.29) is 0 Å². The van der Waals surface area contributed by atoms with Crippen LogP contribution in [0.15, 0.2) is 12.2 Å². The summed E-state index contributed by atoms with van der Waals surface area (Å²) in [7, 11) is 0. The quantitative estimate of drug-likeness (QED) is 0.453. The van der Waals surface area contributed by atoms with Crippen LogP contribution in [0.5, 0.6) is 0 Å². The van der Waals surface area contributed by atoms with Crippen LogP contribution in [0.2, 0.25) is 0 Å². The molecule has 0 saturated carbocycles. The van der Waals surface area contributed by atoms with Gasteiger partial charge in [-0.05, 0) is 13.8 Å². The Labute approximate surface area is 71.2 Å². The van der Waals surface area contributed by atoms with Crippen LogP contribution in [0.25, 0.3) is 0 Å².